The molecule has 8 heteroatoms. The van der Waals surface area contributed by atoms with Gasteiger partial charge in [-0.2, -0.15) is 0 Å². The molecule has 0 radical (unpaired) electrons. The van der Waals surface area contributed by atoms with Gasteiger partial charge in [-0.1, -0.05) is 6.92 Å². The normalized spacial score (nSPS) is 21.4. The smallest absolute Gasteiger partial charge is 0.224 e. The summed E-state index contributed by atoms with van der Waals surface area (Å²) in [5, 5.41) is 0.0966. The average Bonchev–Trinajstić information content (AvgIpc) is 2.37. The first kappa shape index (κ1) is 14.6. The van der Waals surface area contributed by atoms with Crippen molar-refractivity contribution in [3.63, 3.8) is 0 Å². The van der Waals surface area contributed by atoms with Gasteiger partial charge in [0.2, 0.25) is 5.28 Å². The molecule has 0 spiro atoms. The topological polar surface area (TPSA) is 75.5 Å². The minimum atomic E-state index is -1.94. The third kappa shape index (κ3) is 3.85. The molecule has 0 amide bonds. The molecule has 1 aromatic heterocycles. The van der Waals surface area contributed by atoms with Crippen LogP contribution in [-0.2, 0) is 21.6 Å². The number of ether oxygens (including phenoxy) is 1. The number of halogens is 1. The van der Waals surface area contributed by atoms with Crippen LogP contribution in [0.15, 0.2) is 6.07 Å². The van der Waals surface area contributed by atoms with Crippen LogP contribution in [0.4, 0.5) is 5.82 Å². The second-order valence-corrected chi connectivity index (χ2v) is 5.55. The van der Waals surface area contributed by atoms with Crippen molar-refractivity contribution in [3.8, 4) is 0 Å². The maximum atomic E-state index is 10.9. The number of rotatable bonds is 4. The highest BCUT2D eigenvalue weighted by Crippen LogP contribution is 2.21. The molecule has 6 nitrogen and oxygen atoms in total. The Labute approximate surface area is 119 Å². The molecule has 2 atom stereocenters. The highest BCUT2D eigenvalue weighted by atomic mass is 35.5. The minimum absolute atomic E-state index is 0.0453. The van der Waals surface area contributed by atoms with Crippen molar-refractivity contribution in [3.05, 3.63) is 17.0 Å². The van der Waals surface area contributed by atoms with Gasteiger partial charge in [0.15, 0.2) is 11.1 Å². The first-order valence-electron chi connectivity index (χ1n) is 6.05. The van der Waals surface area contributed by atoms with E-state index in [1.165, 1.54) is 0 Å². The molecular formula is C11H16ClN3O3S. The van der Waals surface area contributed by atoms with Crippen molar-refractivity contribution in [2.75, 3.05) is 24.7 Å². The van der Waals surface area contributed by atoms with Crippen LogP contribution in [0.1, 0.15) is 19.0 Å². The monoisotopic (exact) mass is 305 g/mol. The summed E-state index contributed by atoms with van der Waals surface area (Å²) in [5.41, 5.74) is 0.470. The summed E-state index contributed by atoms with van der Waals surface area (Å²) in [6.07, 6.45) is 0.933. The zero-order valence-corrected chi connectivity index (χ0v) is 12.2. The van der Waals surface area contributed by atoms with Crippen LogP contribution in [0.3, 0.4) is 0 Å². The van der Waals surface area contributed by atoms with E-state index in [2.05, 4.69) is 21.8 Å². The van der Waals surface area contributed by atoms with Gasteiger partial charge in [-0.3, -0.25) is 0 Å². The van der Waals surface area contributed by atoms with Gasteiger partial charge in [0, 0.05) is 12.6 Å². The molecule has 0 saturated carbocycles. The fourth-order valence-corrected chi connectivity index (χ4v) is 2.69. The summed E-state index contributed by atoms with van der Waals surface area (Å²) in [7, 11) is 0. The van der Waals surface area contributed by atoms with Crippen molar-refractivity contribution in [2.24, 2.45) is 0 Å². The van der Waals surface area contributed by atoms with E-state index in [1.54, 1.807) is 6.07 Å². The quantitative estimate of drug-likeness (QED) is 0.670. The van der Waals surface area contributed by atoms with Gasteiger partial charge in [-0.15, -0.1) is 0 Å². The molecule has 1 aromatic rings. The van der Waals surface area contributed by atoms with E-state index in [9.17, 15) is 4.21 Å². The Morgan fingerprint density at radius 1 is 1.63 bits per heavy atom. The molecule has 0 aliphatic carbocycles. The van der Waals surface area contributed by atoms with E-state index in [0.29, 0.717) is 24.7 Å². The van der Waals surface area contributed by atoms with Crippen LogP contribution >= 0.6 is 11.6 Å². The lowest BCUT2D eigenvalue weighted by Crippen LogP contribution is -2.45. The molecule has 2 rings (SSSR count). The van der Waals surface area contributed by atoms with Crippen LogP contribution in [0.25, 0.3) is 0 Å². The number of aromatic nitrogens is 2. The van der Waals surface area contributed by atoms with Crippen molar-refractivity contribution in [1.82, 2.24) is 9.97 Å². The highest BCUT2D eigenvalue weighted by Gasteiger charge is 2.23. The van der Waals surface area contributed by atoms with Crippen LogP contribution in [-0.4, -0.2) is 44.5 Å². The van der Waals surface area contributed by atoms with Crippen LogP contribution in [0.5, 0.6) is 0 Å². The lowest BCUT2D eigenvalue weighted by molar-refractivity contribution is 0.0925. The van der Waals surface area contributed by atoms with Gasteiger partial charge in [-0.05, 0) is 18.0 Å². The summed E-state index contributed by atoms with van der Waals surface area (Å²) in [4.78, 5) is 10.3. The maximum Gasteiger partial charge on any atom is 0.224 e. The third-order valence-electron chi connectivity index (χ3n) is 3.00. The van der Waals surface area contributed by atoms with Crippen LogP contribution < -0.4 is 4.90 Å². The molecule has 1 aliphatic heterocycles. The van der Waals surface area contributed by atoms with Gasteiger partial charge in [0.1, 0.15) is 5.82 Å². The zero-order valence-electron chi connectivity index (χ0n) is 10.6. The number of anilines is 1. The fraction of sp³-hybridized carbons (Fsp3) is 0.636. The Kier molecular flexibility index (Phi) is 5.09. The van der Waals surface area contributed by atoms with E-state index in [-0.39, 0.29) is 17.1 Å². The summed E-state index contributed by atoms with van der Waals surface area (Å²) in [6, 6.07) is 1.96. The summed E-state index contributed by atoms with van der Waals surface area (Å²) in [6.45, 7) is 4.10. The van der Waals surface area contributed by atoms with E-state index in [1.807, 2.05) is 0 Å². The Bertz CT molecular complexity index is 474. The minimum Gasteiger partial charge on any atom is -0.377 e. The van der Waals surface area contributed by atoms with Crippen LogP contribution in [0.2, 0.25) is 5.28 Å². The third-order valence-corrected chi connectivity index (χ3v) is 3.71. The van der Waals surface area contributed by atoms with Crippen molar-refractivity contribution < 1.29 is 13.5 Å². The van der Waals surface area contributed by atoms with Crippen molar-refractivity contribution in [2.45, 2.75) is 25.1 Å². The van der Waals surface area contributed by atoms with Crippen LogP contribution in [0, 0.1) is 0 Å². The molecular weight excluding hydrogens is 290 g/mol. The highest BCUT2D eigenvalue weighted by molar-refractivity contribution is 7.78. The fourth-order valence-electron chi connectivity index (χ4n) is 2.09. The van der Waals surface area contributed by atoms with Gasteiger partial charge >= 0.3 is 0 Å². The number of hydrogen-bond donors (Lipinski definition) is 1. The molecule has 1 saturated heterocycles. The first-order valence-corrected chi connectivity index (χ1v) is 7.71. The molecule has 2 heterocycles. The van der Waals surface area contributed by atoms with E-state index in [4.69, 9.17) is 20.9 Å². The largest absolute Gasteiger partial charge is 0.377 e. The predicted molar refractivity (Wildman–Crippen MR) is 73.8 cm³/mol. The maximum absolute atomic E-state index is 10.9. The molecule has 1 unspecified atom stereocenters. The zero-order chi connectivity index (χ0) is 13.8. The molecule has 1 N–H and O–H groups in total. The molecule has 106 valence electrons. The second kappa shape index (κ2) is 6.60. The molecule has 19 heavy (non-hydrogen) atoms. The molecule has 1 aliphatic rings. The van der Waals surface area contributed by atoms with E-state index >= 15 is 0 Å². The van der Waals surface area contributed by atoms with Crippen molar-refractivity contribution in [1.29, 1.82) is 0 Å². The Hall–Kier alpha value is -0.760. The van der Waals surface area contributed by atoms with Crippen molar-refractivity contribution >= 4 is 28.5 Å². The Morgan fingerprint density at radius 3 is 3.11 bits per heavy atom. The second-order valence-electron chi connectivity index (χ2n) is 4.28. The lowest BCUT2D eigenvalue weighted by Gasteiger charge is -2.36. The Morgan fingerprint density at radius 2 is 2.42 bits per heavy atom. The lowest BCUT2D eigenvalue weighted by atomic mass is 10.2. The van der Waals surface area contributed by atoms with Gasteiger partial charge in [0.25, 0.3) is 0 Å². The summed E-state index contributed by atoms with van der Waals surface area (Å²) >= 11 is 3.94. The number of nitrogens with zero attached hydrogens (tertiary/aromatic N) is 3. The predicted octanol–water partition coefficient (Wildman–Crippen LogP) is 1.47. The number of morpholine rings is 1. The molecule has 1 fully saturated rings. The standard InChI is InChI=1S/C11H16ClN3O3S/c1-2-9-6-18-4-3-15(9)10-5-8(7-19(16)17)13-11(12)14-10/h5,9H,2-4,6-7H2,1H3,(H,16,17)/t9-/m0/s1. The molecule has 0 bridgehead atoms. The summed E-state index contributed by atoms with van der Waals surface area (Å²) < 4.78 is 25.2. The van der Waals surface area contributed by atoms with E-state index in [0.717, 1.165) is 13.0 Å². The Balaban J connectivity index is 2.27. The number of hydrogen-bond acceptors (Lipinski definition) is 5. The first-order chi connectivity index (χ1) is 9.10. The SMILES string of the molecule is CC[C@H]1COCCN1c1cc(CS(=O)O)nc(Cl)n1. The molecule has 0 aromatic carbocycles. The van der Waals surface area contributed by atoms with E-state index < -0.39 is 11.1 Å². The summed E-state index contributed by atoms with van der Waals surface area (Å²) in [5.74, 6) is 0.645. The van der Waals surface area contributed by atoms with Gasteiger partial charge in [0.05, 0.1) is 30.7 Å². The van der Waals surface area contributed by atoms with Gasteiger partial charge < -0.3 is 14.2 Å². The van der Waals surface area contributed by atoms with Gasteiger partial charge in [-0.25, -0.2) is 14.2 Å². The average molecular weight is 306 g/mol.